The lowest BCUT2D eigenvalue weighted by Crippen LogP contribution is -2.31. The van der Waals surface area contributed by atoms with Crippen molar-refractivity contribution in [3.05, 3.63) is 131 Å². The molecule has 0 amide bonds. The van der Waals surface area contributed by atoms with E-state index in [9.17, 15) is 0 Å². The minimum absolute atomic E-state index is 0.212. The minimum Gasteiger partial charge on any atom is -0.398 e. The molecule has 0 saturated heterocycles. The van der Waals surface area contributed by atoms with Crippen molar-refractivity contribution in [3.63, 3.8) is 0 Å². The summed E-state index contributed by atoms with van der Waals surface area (Å²) in [6.07, 6.45) is 1.21. The molecule has 3 nitrogen and oxygen atoms in total. The van der Waals surface area contributed by atoms with Crippen LogP contribution in [-0.2, 0) is 5.41 Å². The Balaban J connectivity index is 1.39. The summed E-state index contributed by atoms with van der Waals surface area (Å²) >= 11 is 1.73. The van der Waals surface area contributed by atoms with E-state index in [1.807, 2.05) is 0 Å². The number of rotatable bonds is 2. The van der Waals surface area contributed by atoms with Gasteiger partial charge in [0.2, 0.25) is 0 Å². The molecule has 5 aromatic carbocycles. The molecule has 0 saturated carbocycles. The van der Waals surface area contributed by atoms with Crippen LogP contribution in [-0.4, -0.2) is 6.17 Å². The lowest BCUT2D eigenvalue weighted by Gasteiger charge is -2.32. The Labute approximate surface area is 237 Å². The summed E-state index contributed by atoms with van der Waals surface area (Å²) < 4.78 is 1.24. The molecule has 0 bridgehead atoms. The number of benzene rings is 5. The van der Waals surface area contributed by atoms with Crippen molar-refractivity contribution in [2.45, 2.75) is 24.9 Å². The van der Waals surface area contributed by atoms with Gasteiger partial charge < -0.3 is 16.0 Å². The van der Waals surface area contributed by atoms with Gasteiger partial charge >= 0.3 is 0 Å². The Morgan fingerprint density at radius 2 is 1.50 bits per heavy atom. The zero-order valence-corrected chi connectivity index (χ0v) is 22.9. The van der Waals surface area contributed by atoms with Crippen LogP contribution in [0.3, 0.4) is 0 Å². The van der Waals surface area contributed by atoms with Gasteiger partial charge in [-0.25, -0.2) is 0 Å². The Bertz CT molecular complexity index is 2020. The third-order valence-corrected chi connectivity index (χ3v) is 10.2. The predicted octanol–water partition coefficient (Wildman–Crippen LogP) is 9.13. The van der Waals surface area contributed by atoms with Crippen LogP contribution < -0.4 is 16.0 Å². The van der Waals surface area contributed by atoms with Crippen molar-refractivity contribution in [3.8, 4) is 22.3 Å². The van der Waals surface area contributed by atoms with E-state index < -0.39 is 5.41 Å². The second-order valence-corrected chi connectivity index (χ2v) is 12.0. The third kappa shape index (κ3) is 2.56. The first-order valence-electron chi connectivity index (χ1n) is 14.0. The zero-order chi connectivity index (χ0) is 26.6. The van der Waals surface area contributed by atoms with Crippen LogP contribution in [0.2, 0.25) is 0 Å². The highest BCUT2D eigenvalue weighted by Crippen LogP contribution is 2.64. The predicted molar refractivity (Wildman–Crippen MR) is 169 cm³/mol. The van der Waals surface area contributed by atoms with Gasteiger partial charge in [-0.2, -0.15) is 0 Å². The molecule has 0 radical (unpaired) electrons. The van der Waals surface area contributed by atoms with Crippen molar-refractivity contribution in [1.82, 2.24) is 0 Å². The van der Waals surface area contributed by atoms with Crippen molar-refractivity contribution in [2.24, 2.45) is 0 Å². The quantitative estimate of drug-likeness (QED) is 0.233. The number of nitrogens with zero attached hydrogens (tertiary/aromatic N) is 1. The summed E-state index contributed by atoms with van der Waals surface area (Å²) in [5.74, 6) is 0. The second kappa shape index (κ2) is 7.77. The average Bonchev–Trinajstić information content (AvgIpc) is 3.73. The fraction of sp³-hybridized carbons (Fsp3) is 0.111. The summed E-state index contributed by atoms with van der Waals surface area (Å²) in [7, 11) is 0. The summed E-state index contributed by atoms with van der Waals surface area (Å²) in [6.45, 7) is 2.25. The number of nitrogen functional groups attached to an aromatic ring is 1. The molecular weight excluding hydrogens is 506 g/mol. The maximum absolute atomic E-state index is 6.66. The van der Waals surface area contributed by atoms with Crippen LogP contribution in [0.5, 0.6) is 0 Å². The molecule has 9 rings (SSSR count). The SMILES string of the molecule is CCC1Nc2ccccc2N1c1ccc2c(c1)C1(c3ccccc3-2)c2ccccc2-c2c1ccc1scc(N)c21. The molecule has 3 aliphatic rings. The van der Waals surface area contributed by atoms with Crippen molar-refractivity contribution >= 4 is 44.2 Å². The van der Waals surface area contributed by atoms with Crippen molar-refractivity contribution in [2.75, 3.05) is 16.0 Å². The Hall–Kier alpha value is -4.54. The maximum atomic E-state index is 6.66. The van der Waals surface area contributed by atoms with Crippen LogP contribution in [0.1, 0.15) is 35.6 Å². The zero-order valence-electron chi connectivity index (χ0n) is 22.1. The van der Waals surface area contributed by atoms with Gasteiger partial charge in [0.1, 0.15) is 6.17 Å². The molecule has 2 atom stereocenters. The first-order chi connectivity index (χ1) is 19.7. The maximum Gasteiger partial charge on any atom is 0.104 e. The van der Waals surface area contributed by atoms with Gasteiger partial charge in [0, 0.05) is 21.2 Å². The molecule has 6 aromatic rings. The molecule has 2 heterocycles. The van der Waals surface area contributed by atoms with Crippen molar-refractivity contribution in [1.29, 1.82) is 0 Å². The summed E-state index contributed by atoms with van der Waals surface area (Å²) in [6, 6.07) is 38.4. The van der Waals surface area contributed by atoms with E-state index in [2.05, 4.69) is 126 Å². The van der Waals surface area contributed by atoms with E-state index in [1.165, 1.54) is 71.7 Å². The van der Waals surface area contributed by atoms with Gasteiger partial charge in [-0.3, -0.25) is 0 Å². The number of hydrogen-bond acceptors (Lipinski definition) is 4. The van der Waals surface area contributed by atoms with Crippen LogP contribution in [0.15, 0.2) is 109 Å². The number of anilines is 4. The summed E-state index contributed by atoms with van der Waals surface area (Å²) in [4.78, 5) is 2.48. The Kier molecular flexibility index (Phi) is 4.33. The minimum atomic E-state index is -0.398. The number of nitrogens with one attached hydrogen (secondary N) is 1. The molecule has 40 heavy (non-hydrogen) atoms. The molecular formula is C36H27N3S. The molecule has 2 aliphatic carbocycles. The average molecular weight is 534 g/mol. The van der Waals surface area contributed by atoms with E-state index in [0.717, 1.165) is 12.1 Å². The van der Waals surface area contributed by atoms with Crippen LogP contribution >= 0.6 is 11.3 Å². The summed E-state index contributed by atoms with van der Waals surface area (Å²) in [5, 5.41) is 7.03. The normalized spacial score (nSPS) is 19.3. The summed E-state index contributed by atoms with van der Waals surface area (Å²) in [5.41, 5.74) is 21.4. The van der Waals surface area contributed by atoms with E-state index >= 15 is 0 Å². The number of hydrogen-bond donors (Lipinski definition) is 2. The lowest BCUT2D eigenvalue weighted by molar-refractivity contribution is 0.726. The Morgan fingerprint density at radius 1 is 0.775 bits per heavy atom. The van der Waals surface area contributed by atoms with E-state index in [4.69, 9.17) is 5.73 Å². The molecule has 1 spiro atoms. The number of thiophene rings is 1. The van der Waals surface area contributed by atoms with E-state index in [0.29, 0.717) is 0 Å². The fourth-order valence-corrected chi connectivity index (χ4v) is 8.59. The van der Waals surface area contributed by atoms with Crippen LogP contribution in [0.4, 0.5) is 22.7 Å². The van der Waals surface area contributed by atoms with E-state index in [-0.39, 0.29) is 6.17 Å². The number of para-hydroxylation sites is 2. The largest absolute Gasteiger partial charge is 0.398 e. The first-order valence-corrected chi connectivity index (χ1v) is 14.9. The van der Waals surface area contributed by atoms with Gasteiger partial charge in [-0.05, 0) is 81.3 Å². The fourth-order valence-electron chi connectivity index (χ4n) is 7.74. The van der Waals surface area contributed by atoms with E-state index in [1.54, 1.807) is 11.3 Å². The van der Waals surface area contributed by atoms with Crippen LogP contribution in [0.25, 0.3) is 32.3 Å². The number of fused-ring (bicyclic) bond motifs is 13. The topological polar surface area (TPSA) is 41.3 Å². The molecule has 4 heteroatoms. The second-order valence-electron chi connectivity index (χ2n) is 11.1. The van der Waals surface area contributed by atoms with Gasteiger partial charge in [0.15, 0.2) is 0 Å². The Morgan fingerprint density at radius 3 is 2.35 bits per heavy atom. The van der Waals surface area contributed by atoms with Gasteiger partial charge in [-0.1, -0.05) is 79.7 Å². The molecule has 192 valence electrons. The molecule has 1 aromatic heterocycles. The standard InChI is InChI=1S/C36H27N3S/c1-2-33-38-30-13-7-8-14-31(30)39(33)21-15-16-23-22-9-3-5-11-25(22)36(28(23)19-21)26-12-6-4-10-24(26)34-27(36)17-18-32-35(34)29(37)20-40-32/h3-20,33,38H,2,37H2,1H3. The molecule has 0 fully saturated rings. The van der Waals surface area contributed by atoms with Crippen molar-refractivity contribution < 1.29 is 0 Å². The molecule has 2 unspecified atom stereocenters. The van der Waals surface area contributed by atoms with Gasteiger partial charge in [0.25, 0.3) is 0 Å². The van der Waals surface area contributed by atoms with Gasteiger partial charge in [-0.15, -0.1) is 11.3 Å². The smallest absolute Gasteiger partial charge is 0.104 e. The highest BCUT2D eigenvalue weighted by atomic mass is 32.1. The monoisotopic (exact) mass is 533 g/mol. The number of nitrogens with two attached hydrogens (primary N) is 1. The van der Waals surface area contributed by atoms with Gasteiger partial charge in [0.05, 0.1) is 22.5 Å². The molecule has 3 N–H and O–H groups in total. The third-order valence-electron chi connectivity index (χ3n) is 9.26. The molecule has 1 aliphatic heterocycles. The first kappa shape index (κ1) is 22.3. The highest BCUT2D eigenvalue weighted by molar-refractivity contribution is 7.18. The van der Waals surface area contributed by atoms with Crippen LogP contribution in [0, 0.1) is 0 Å². The lowest BCUT2D eigenvalue weighted by atomic mass is 9.70. The highest BCUT2D eigenvalue weighted by Gasteiger charge is 2.52.